The van der Waals surface area contributed by atoms with E-state index in [0.717, 1.165) is 31.6 Å². The number of amides is 1. The highest BCUT2D eigenvalue weighted by molar-refractivity contribution is 7.99. The minimum atomic E-state index is 0.172. The van der Waals surface area contributed by atoms with Gasteiger partial charge in [-0.1, -0.05) is 44.2 Å². The Kier molecular flexibility index (Phi) is 8.39. The van der Waals surface area contributed by atoms with Crippen molar-refractivity contribution in [2.45, 2.75) is 33.1 Å². The second-order valence-corrected chi connectivity index (χ2v) is 6.28. The molecule has 0 spiro atoms. The number of hydrogen-bond donors (Lipinski definition) is 1. The zero-order valence-electron chi connectivity index (χ0n) is 12.0. The van der Waals surface area contributed by atoms with Gasteiger partial charge in [0.15, 0.2) is 0 Å². The summed E-state index contributed by atoms with van der Waals surface area (Å²) in [5.74, 6) is 2.46. The topological polar surface area (TPSA) is 29.1 Å². The van der Waals surface area contributed by atoms with Crippen molar-refractivity contribution < 1.29 is 4.79 Å². The number of carbonyl (C=O) groups excluding carboxylic acids is 1. The normalized spacial score (nSPS) is 10.7. The summed E-state index contributed by atoms with van der Waals surface area (Å²) in [7, 11) is 0. The fraction of sp³-hybridized carbons (Fsp3) is 0.562. The summed E-state index contributed by atoms with van der Waals surface area (Å²) >= 11 is 1.73. The molecule has 0 aliphatic heterocycles. The third kappa shape index (κ3) is 8.71. The molecule has 2 nitrogen and oxygen atoms in total. The van der Waals surface area contributed by atoms with E-state index in [1.54, 1.807) is 11.8 Å². The second kappa shape index (κ2) is 9.90. The van der Waals surface area contributed by atoms with E-state index in [1.165, 1.54) is 5.56 Å². The second-order valence-electron chi connectivity index (χ2n) is 5.17. The minimum absolute atomic E-state index is 0.172. The molecule has 1 rings (SSSR count). The van der Waals surface area contributed by atoms with Crippen molar-refractivity contribution in [2.24, 2.45) is 5.92 Å². The average molecular weight is 279 g/mol. The Bertz CT molecular complexity index is 351. The fourth-order valence-corrected chi connectivity index (χ4v) is 2.52. The maximum absolute atomic E-state index is 11.5. The molecule has 0 aromatic heterocycles. The molecule has 0 fully saturated rings. The molecular weight excluding hydrogens is 254 g/mol. The molecule has 1 amide bonds. The summed E-state index contributed by atoms with van der Waals surface area (Å²) in [4.78, 5) is 11.5. The average Bonchev–Trinajstić information content (AvgIpc) is 2.39. The molecule has 106 valence electrons. The van der Waals surface area contributed by atoms with Gasteiger partial charge in [0, 0.05) is 6.54 Å². The molecule has 0 aliphatic rings. The Morgan fingerprint density at radius 2 is 2.00 bits per heavy atom. The number of carbonyl (C=O) groups is 1. The first-order valence-electron chi connectivity index (χ1n) is 7.07. The van der Waals surface area contributed by atoms with Gasteiger partial charge >= 0.3 is 0 Å². The van der Waals surface area contributed by atoms with Crippen LogP contribution in [0.2, 0.25) is 0 Å². The molecule has 3 heteroatoms. The number of thioether (sulfide) groups is 1. The molecule has 0 unspecified atom stereocenters. The quantitative estimate of drug-likeness (QED) is 0.701. The van der Waals surface area contributed by atoms with Crippen LogP contribution in [0.4, 0.5) is 0 Å². The predicted molar refractivity (Wildman–Crippen MR) is 84.6 cm³/mol. The fourth-order valence-electron chi connectivity index (χ4n) is 1.74. The number of benzene rings is 1. The Morgan fingerprint density at radius 3 is 2.68 bits per heavy atom. The van der Waals surface area contributed by atoms with Crippen LogP contribution in [-0.4, -0.2) is 24.0 Å². The minimum Gasteiger partial charge on any atom is -0.355 e. The summed E-state index contributed by atoms with van der Waals surface area (Å²) in [5, 5.41) is 2.96. The van der Waals surface area contributed by atoms with Crippen LogP contribution in [0.25, 0.3) is 0 Å². The van der Waals surface area contributed by atoms with Crippen LogP contribution in [0, 0.1) is 5.92 Å². The smallest absolute Gasteiger partial charge is 0.229 e. The van der Waals surface area contributed by atoms with Crippen LogP contribution in [0.3, 0.4) is 0 Å². The summed E-state index contributed by atoms with van der Waals surface area (Å²) in [5.41, 5.74) is 1.38. The summed E-state index contributed by atoms with van der Waals surface area (Å²) in [6.07, 6.45) is 3.29. The van der Waals surface area contributed by atoms with Gasteiger partial charge in [-0.3, -0.25) is 4.79 Å². The standard InChI is InChI=1S/C16H25NOS/c1-14(2)10-11-17-16(18)13-19-12-6-9-15-7-4-3-5-8-15/h3-5,7-8,14H,6,9-13H2,1-2H3,(H,17,18). The molecule has 0 radical (unpaired) electrons. The van der Waals surface area contributed by atoms with Gasteiger partial charge in [-0.25, -0.2) is 0 Å². The number of aryl methyl sites for hydroxylation is 1. The lowest BCUT2D eigenvalue weighted by molar-refractivity contribution is -0.118. The van der Waals surface area contributed by atoms with E-state index < -0.39 is 0 Å². The van der Waals surface area contributed by atoms with Crippen LogP contribution < -0.4 is 5.32 Å². The number of nitrogens with one attached hydrogen (secondary N) is 1. The maximum atomic E-state index is 11.5. The van der Waals surface area contributed by atoms with Crippen molar-refractivity contribution in [3.63, 3.8) is 0 Å². The first-order valence-corrected chi connectivity index (χ1v) is 8.22. The summed E-state index contributed by atoms with van der Waals surface area (Å²) < 4.78 is 0. The van der Waals surface area contributed by atoms with Crippen LogP contribution in [0.15, 0.2) is 30.3 Å². The maximum Gasteiger partial charge on any atom is 0.229 e. The van der Waals surface area contributed by atoms with Crippen molar-refractivity contribution >= 4 is 17.7 Å². The van der Waals surface area contributed by atoms with E-state index in [4.69, 9.17) is 0 Å². The summed E-state index contributed by atoms with van der Waals surface area (Å²) in [6, 6.07) is 10.5. The van der Waals surface area contributed by atoms with Crippen LogP contribution in [0.5, 0.6) is 0 Å². The lowest BCUT2D eigenvalue weighted by atomic mass is 10.1. The number of rotatable bonds is 9. The van der Waals surface area contributed by atoms with Crippen molar-refractivity contribution in [3.05, 3.63) is 35.9 Å². The van der Waals surface area contributed by atoms with Crippen molar-refractivity contribution in [1.29, 1.82) is 0 Å². The van der Waals surface area contributed by atoms with Gasteiger partial charge in [-0.2, -0.15) is 11.8 Å². The lowest BCUT2D eigenvalue weighted by Crippen LogP contribution is -2.27. The number of hydrogen-bond acceptors (Lipinski definition) is 2. The van der Waals surface area contributed by atoms with E-state index in [9.17, 15) is 4.79 Å². The molecule has 0 saturated heterocycles. The Morgan fingerprint density at radius 1 is 1.26 bits per heavy atom. The van der Waals surface area contributed by atoms with E-state index >= 15 is 0 Å². The van der Waals surface area contributed by atoms with Crippen molar-refractivity contribution in [1.82, 2.24) is 5.32 Å². The zero-order valence-corrected chi connectivity index (χ0v) is 12.8. The highest BCUT2D eigenvalue weighted by Crippen LogP contribution is 2.07. The van der Waals surface area contributed by atoms with Gasteiger partial charge in [0.25, 0.3) is 0 Å². The Labute approximate surface area is 121 Å². The van der Waals surface area contributed by atoms with Gasteiger partial charge < -0.3 is 5.32 Å². The van der Waals surface area contributed by atoms with Gasteiger partial charge in [-0.15, -0.1) is 0 Å². The van der Waals surface area contributed by atoms with E-state index in [-0.39, 0.29) is 5.91 Å². The van der Waals surface area contributed by atoms with Crippen molar-refractivity contribution in [2.75, 3.05) is 18.1 Å². The lowest BCUT2D eigenvalue weighted by Gasteiger charge is -2.07. The largest absolute Gasteiger partial charge is 0.355 e. The molecule has 0 heterocycles. The first-order chi connectivity index (χ1) is 9.18. The zero-order chi connectivity index (χ0) is 13.9. The van der Waals surface area contributed by atoms with Gasteiger partial charge in [0.05, 0.1) is 5.75 Å². The van der Waals surface area contributed by atoms with Gasteiger partial charge in [-0.05, 0) is 36.5 Å². The van der Waals surface area contributed by atoms with Crippen LogP contribution >= 0.6 is 11.8 Å². The molecule has 1 aromatic carbocycles. The van der Waals surface area contributed by atoms with Gasteiger partial charge in [0.1, 0.15) is 0 Å². The molecular formula is C16H25NOS. The first kappa shape index (κ1) is 16.1. The van der Waals surface area contributed by atoms with E-state index in [2.05, 4.69) is 43.4 Å². The van der Waals surface area contributed by atoms with Crippen LogP contribution in [0.1, 0.15) is 32.3 Å². The molecule has 0 bridgehead atoms. The van der Waals surface area contributed by atoms with Crippen LogP contribution in [-0.2, 0) is 11.2 Å². The van der Waals surface area contributed by atoms with Crippen molar-refractivity contribution in [3.8, 4) is 0 Å². The summed E-state index contributed by atoms with van der Waals surface area (Å²) in [6.45, 7) is 5.15. The third-order valence-corrected chi connectivity index (χ3v) is 3.92. The monoisotopic (exact) mass is 279 g/mol. The highest BCUT2D eigenvalue weighted by Gasteiger charge is 2.01. The van der Waals surface area contributed by atoms with E-state index in [1.807, 2.05) is 6.07 Å². The third-order valence-electron chi connectivity index (χ3n) is 2.87. The molecule has 19 heavy (non-hydrogen) atoms. The predicted octanol–water partition coefficient (Wildman–Crippen LogP) is 3.51. The Balaban J connectivity index is 1.97. The SMILES string of the molecule is CC(C)CCNC(=O)CSCCCc1ccccc1. The molecule has 0 aliphatic carbocycles. The molecule has 1 N–H and O–H groups in total. The molecule has 0 saturated carbocycles. The Hall–Kier alpha value is -0.960. The molecule has 0 atom stereocenters. The van der Waals surface area contributed by atoms with E-state index in [0.29, 0.717) is 11.7 Å². The van der Waals surface area contributed by atoms with Gasteiger partial charge in [0.2, 0.25) is 5.91 Å². The molecule has 1 aromatic rings. The highest BCUT2D eigenvalue weighted by atomic mass is 32.2.